The lowest BCUT2D eigenvalue weighted by Gasteiger charge is -2.34. The number of aliphatic hydroxyl groups excluding tert-OH is 4. The molecule has 0 amide bonds. The molecule has 0 bridgehead atoms. The smallest absolute Gasteiger partial charge is 0.420 e. The van der Waals surface area contributed by atoms with E-state index in [1.165, 1.54) is 50.4 Å². The van der Waals surface area contributed by atoms with Crippen LogP contribution in [-0.2, 0) is 38.1 Å². The largest absolute Gasteiger partial charge is 0.458 e. The molecule has 2 aliphatic carbocycles. The Morgan fingerprint density at radius 2 is 0.936 bits per heavy atom. The van der Waals surface area contributed by atoms with Gasteiger partial charge < -0.3 is 39.4 Å². The molecular formula is C56H76F6N2O12S2. The van der Waals surface area contributed by atoms with Crippen LogP contribution in [-0.4, -0.2) is 126 Å². The van der Waals surface area contributed by atoms with Gasteiger partial charge in [0.15, 0.2) is 11.2 Å². The number of aromatic nitrogens is 2. The van der Waals surface area contributed by atoms with Crippen molar-refractivity contribution in [3.63, 3.8) is 0 Å². The van der Waals surface area contributed by atoms with Gasteiger partial charge in [-0.05, 0) is 112 Å². The maximum absolute atomic E-state index is 14.3. The lowest BCUT2D eigenvalue weighted by atomic mass is 9.72. The number of cyclic esters (lactones) is 2. The van der Waals surface area contributed by atoms with Gasteiger partial charge in [-0.15, -0.1) is 22.7 Å². The van der Waals surface area contributed by atoms with Gasteiger partial charge in [0.05, 0.1) is 69.5 Å². The minimum Gasteiger partial charge on any atom is -0.458 e. The van der Waals surface area contributed by atoms with Crippen LogP contribution >= 0.6 is 22.7 Å². The summed E-state index contributed by atoms with van der Waals surface area (Å²) in [6.07, 6.45) is -16.4. The third-order valence-electron chi connectivity index (χ3n) is 18.1. The van der Waals surface area contributed by atoms with Gasteiger partial charge in [0, 0.05) is 35.4 Å². The van der Waals surface area contributed by atoms with Crippen molar-refractivity contribution in [2.24, 2.45) is 58.2 Å². The Bertz CT molecular complexity index is 2440. The Balaban J connectivity index is 0.000000226. The molecule has 6 aliphatic rings. The van der Waals surface area contributed by atoms with E-state index in [1.54, 1.807) is 64.5 Å². The number of carbonyl (C=O) groups is 4. The molecule has 14 nitrogen and oxygen atoms in total. The quantitative estimate of drug-likeness (QED) is 0.127. The number of hydrogen-bond acceptors (Lipinski definition) is 16. The van der Waals surface area contributed by atoms with Crippen LogP contribution in [0.15, 0.2) is 21.9 Å². The minimum atomic E-state index is -4.63. The maximum atomic E-state index is 14.3. The van der Waals surface area contributed by atoms with Gasteiger partial charge in [0.25, 0.3) is 0 Å². The van der Waals surface area contributed by atoms with Gasteiger partial charge in [-0.1, -0.05) is 55.4 Å². The number of fused-ring (bicyclic) bond motifs is 4. The summed E-state index contributed by atoms with van der Waals surface area (Å²) in [5.41, 5.74) is -5.21. The molecule has 436 valence electrons. The average Bonchev–Trinajstić information content (AvgIpc) is 4.40. The fraction of sp³-hybridized carbons (Fsp3) is 0.750. The first-order valence-electron chi connectivity index (χ1n) is 26.8. The van der Waals surface area contributed by atoms with Crippen molar-refractivity contribution in [3.05, 3.63) is 43.3 Å². The fourth-order valence-electron chi connectivity index (χ4n) is 12.1. The van der Waals surface area contributed by atoms with E-state index in [-0.39, 0.29) is 49.4 Å². The van der Waals surface area contributed by atoms with Gasteiger partial charge in [-0.2, -0.15) is 26.3 Å². The molecule has 2 aromatic heterocycles. The second kappa shape index (κ2) is 22.6. The molecule has 6 heterocycles. The van der Waals surface area contributed by atoms with E-state index in [0.717, 1.165) is 10.0 Å². The summed E-state index contributed by atoms with van der Waals surface area (Å²) < 4.78 is 108. The lowest BCUT2D eigenvalue weighted by Crippen LogP contribution is -2.46. The number of ether oxygens (including phenoxy) is 4. The third kappa shape index (κ3) is 13.0. The molecule has 4 aliphatic heterocycles. The highest BCUT2D eigenvalue weighted by Crippen LogP contribution is 2.63. The number of hydrogen-bond donors (Lipinski definition) is 4. The van der Waals surface area contributed by atoms with Crippen LogP contribution in [0.3, 0.4) is 0 Å². The molecule has 2 saturated carbocycles. The van der Waals surface area contributed by atoms with E-state index in [2.05, 4.69) is 9.97 Å². The first kappa shape index (κ1) is 62.0. The van der Waals surface area contributed by atoms with Crippen molar-refractivity contribution >= 4 is 58.3 Å². The van der Waals surface area contributed by atoms with Gasteiger partial charge in [0.2, 0.25) is 0 Å². The van der Waals surface area contributed by atoms with Crippen LogP contribution in [0.4, 0.5) is 26.3 Å². The number of ketones is 2. The summed E-state index contributed by atoms with van der Waals surface area (Å²) in [7, 11) is 0. The van der Waals surface area contributed by atoms with E-state index in [4.69, 9.17) is 18.9 Å². The van der Waals surface area contributed by atoms with Crippen LogP contribution in [0.2, 0.25) is 0 Å². The van der Waals surface area contributed by atoms with E-state index < -0.39 is 143 Å². The molecule has 78 heavy (non-hydrogen) atoms. The second-order valence-corrected chi connectivity index (χ2v) is 26.5. The Morgan fingerprint density at radius 1 is 0.603 bits per heavy atom. The Labute approximate surface area is 459 Å². The van der Waals surface area contributed by atoms with Crippen molar-refractivity contribution in [2.45, 2.75) is 207 Å². The average molecular weight is 1150 g/mol. The van der Waals surface area contributed by atoms with Crippen LogP contribution in [0.1, 0.15) is 142 Å². The third-order valence-corrected chi connectivity index (χ3v) is 19.6. The van der Waals surface area contributed by atoms with E-state index in [1.807, 2.05) is 13.8 Å². The molecule has 8 rings (SSSR count). The predicted molar refractivity (Wildman–Crippen MR) is 277 cm³/mol. The number of aliphatic hydroxyl groups is 4. The zero-order chi connectivity index (χ0) is 58.2. The van der Waals surface area contributed by atoms with E-state index in [9.17, 15) is 65.9 Å². The molecule has 4 saturated heterocycles. The van der Waals surface area contributed by atoms with Gasteiger partial charge in [-0.3, -0.25) is 19.2 Å². The highest BCUT2D eigenvalue weighted by atomic mass is 32.1. The molecule has 0 radical (unpaired) electrons. The number of esters is 2. The molecule has 0 aromatic carbocycles. The van der Waals surface area contributed by atoms with Gasteiger partial charge >= 0.3 is 24.3 Å². The Morgan fingerprint density at radius 3 is 1.23 bits per heavy atom. The van der Waals surface area contributed by atoms with E-state index >= 15 is 0 Å². The summed E-state index contributed by atoms with van der Waals surface area (Å²) in [6, 6.07) is 0. The molecule has 2 aromatic rings. The number of alkyl halides is 6. The topological polar surface area (TPSA) is 218 Å². The molecule has 18 atom stereocenters. The van der Waals surface area contributed by atoms with Crippen molar-refractivity contribution in [2.75, 3.05) is 0 Å². The van der Waals surface area contributed by atoms with Crippen molar-refractivity contribution in [1.29, 1.82) is 0 Å². The number of Topliss-reactive ketones (excluding diaryl/α,β-unsaturated/α-hetero) is 2. The first-order chi connectivity index (χ1) is 35.9. The van der Waals surface area contributed by atoms with Crippen LogP contribution < -0.4 is 0 Å². The van der Waals surface area contributed by atoms with Crippen molar-refractivity contribution in [3.8, 4) is 0 Å². The fourth-order valence-corrected chi connectivity index (χ4v) is 13.3. The second-order valence-electron chi connectivity index (χ2n) is 24.4. The molecule has 22 heteroatoms. The predicted octanol–water partition coefficient (Wildman–Crippen LogP) is 9.75. The zero-order valence-electron chi connectivity index (χ0n) is 46.2. The summed E-state index contributed by atoms with van der Waals surface area (Å²) in [5.74, 6) is -6.10. The standard InChI is InChI=1S/2C28H38F3NO6S/c2*1-13(7-18-12-39-16(4)32-18)20-9-22-27(38-22,28(29,30)31)11-17-8-19(17)14(2)24(35)15(3)25(36)26(5,6)21(33)10-23(34)37-20/h2*7,12,14-15,17,19-22,24,33,35H,8-11H2,1-6H3/b2*13-7+/t14-,15+,17+,19+,20-,21-,22-,24-,27+;14-,15+,17-,19-,20-,21-,22-,24-,27+/m00/s1. The summed E-state index contributed by atoms with van der Waals surface area (Å²) >= 11 is 2.83. The van der Waals surface area contributed by atoms with Crippen molar-refractivity contribution < 1.29 is 84.9 Å². The van der Waals surface area contributed by atoms with Crippen molar-refractivity contribution in [1.82, 2.24) is 9.97 Å². The van der Waals surface area contributed by atoms with Crippen LogP contribution in [0.5, 0.6) is 0 Å². The normalized spacial score (nSPS) is 39.9. The molecule has 0 unspecified atom stereocenters. The molecule has 0 spiro atoms. The number of nitrogens with zero attached hydrogens (tertiary/aromatic N) is 2. The number of aryl methyl sites for hydroxylation is 2. The van der Waals surface area contributed by atoms with Gasteiger partial charge in [0.1, 0.15) is 36.0 Å². The van der Waals surface area contributed by atoms with Crippen LogP contribution in [0, 0.1) is 72.0 Å². The summed E-state index contributed by atoms with van der Waals surface area (Å²) in [5, 5.41) is 48.9. The Hall–Kier alpha value is -3.64. The summed E-state index contributed by atoms with van der Waals surface area (Å²) in [4.78, 5) is 61.3. The monoisotopic (exact) mass is 1150 g/mol. The lowest BCUT2D eigenvalue weighted by molar-refractivity contribution is -0.188. The summed E-state index contributed by atoms with van der Waals surface area (Å²) in [6.45, 7) is 19.7. The number of epoxide rings is 2. The zero-order valence-corrected chi connectivity index (χ0v) is 47.9. The number of carbonyl (C=O) groups excluding carboxylic acids is 4. The highest BCUT2D eigenvalue weighted by molar-refractivity contribution is 7.09. The minimum absolute atomic E-state index is 0.177. The van der Waals surface area contributed by atoms with E-state index in [0.29, 0.717) is 35.4 Å². The van der Waals surface area contributed by atoms with Crippen LogP contribution in [0.25, 0.3) is 12.2 Å². The SMILES string of the molecule is C/C(=C\c1csc(C)n1)[C@@H]1C[C@@H]2O[C@]2(C(F)(F)F)C[C@@H]2C[C@H]2[C@H](C)[C@H](O)[C@@H](C)C(=O)C(C)(C)[C@@H](O)CC(=O)O1.C/C(=C\c1csc(C)n1)[C@@H]1C[C@@H]2O[C@]2(C(F)(F)F)C[C@H]2C[C@@H]2[C@H](C)[C@H](O)[C@@H](C)C(=O)C(C)(C)[C@@H](O)CC(=O)O1. The number of thiazole rings is 2. The first-order valence-corrected chi connectivity index (χ1v) is 28.6. The molecule has 6 fully saturated rings. The highest BCUT2D eigenvalue weighted by Gasteiger charge is 2.76. The molecule has 4 N–H and O–H groups in total. The molecular weight excluding hydrogens is 1070 g/mol. The van der Waals surface area contributed by atoms with Gasteiger partial charge in [-0.25, -0.2) is 9.97 Å². The Kier molecular flexibility index (Phi) is 18.0. The number of halogens is 6. The number of rotatable bonds is 4. The maximum Gasteiger partial charge on any atom is 0.420 e.